The van der Waals surface area contributed by atoms with Gasteiger partial charge in [-0.15, -0.1) is 0 Å². The summed E-state index contributed by atoms with van der Waals surface area (Å²) in [7, 11) is 0. The smallest absolute Gasteiger partial charge is 0.416 e. The fourth-order valence-electron chi connectivity index (χ4n) is 3.05. The first-order chi connectivity index (χ1) is 10.6. The zero-order valence-electron chi connectivity index (χ0n) is 11.5. The number of aliphatic carboxylic acids is 1. The van der Waals surface area contributed by atoms with Crippen molar-refractivity contribution in [2.24, 2.45) is 5.92 Å². The Morgan fingerprint density at radius 1 is 1.17 bits per heavy atom. The molecular formula is C15H11F5O3. The highest BCUT2D eigenvalue weighted by Crippen LogP contribution is 2.52. The molecule has 0 aliphatic heterocycles. The van der Waals surface area contributed by atoms with E-state index < -0.39 is 58.1 Å². The van der Waals surface area contributed by atoms with Crippen molar-refractivity contribution in [3.63, 3.8) is 0 Å². The number of aliphatic hydroxyl groups is 1. The summed E-state index contributed by atoms with van der Waals surface area (Å²) in [5.41, 5.74) is -3.67. The molecule has 1 aromatic rings. The molecule has 1 fully saturated rings. The van der Waals surface area contributed by atoms with Crippen LogP contribution in [-0.4, -0.2) is 16.2 Å². The molecule has 0 saturated heterocycles. The molecular weight excluding hydrogens is 323 g/mol. The fourth-order valence-corrected chi connectivity index (χ4v) is 3.05. The number of alkyl halides is 3. The molecule has 124 valence electrons. The van der Waals surface area contributed by atoms with Gasteiger partial charge in [0, 0.05) is 17.0 Å². The number of aliphatic hydroxyl groups excluding tert-OH is 1. The number of rotatable bonds is 2. The molecule has 2 aliphatic rings. The molecule has 2 atom stereocenters. The molecule has 1 aromatic carbocycles. The fraction of sp³-hybridized carbons (Fsp3) is 0.400. The van der Waals surface area contributed by atoms with Crippen LogP contribution in [-0.2, 0) is 11.0 Å². The molecule has 2 N–H and O–H groups in total. The Morgan fingerprint density at radius 3 is 2.26 bits per heavy atom. The molecule has 3 nitrogen and oxygen atoms in total. The summed E-state index contributed by atoms with van der Waals surface area (Å²) in [6, 6.07) is -0.0356. The number of carboxylic acids is 1. The number of hydrogen-bond donors (Lipinski definition) is 2. The van der Waals surface area contributed by atoms with Gasteiger partial charge >= 0.3 is 12.1 Å². The maximum Gasteiger partial charge on any atom is 0.416 e. The van der Waals surface area contributed by atoms with Crippen LogP contribution in [0, 0.1) is 17.6 Å². The van der Waals surface area contributed by atoms with Crippen molar-refractivity contribution in [3.8, 4) is 0 Å². The average molecular weight is 334 g/mol. The van der Waals surface area contributed by atoms with Crippen molar-refractivity contribution < 1.29 is 37.0 Å². The molecule has 0 amide bonds. The van der Waals surface area contributed by atoms with Crippen LogP contribution in [0.2, 0.25) is 0 Å². The molecule has 0 heterocycles. The van der Waals surface area contributed by atoms with E-state index in [0.29, 0.717) is 12.8 Å². The topological polar surface area (TPSA) is 57.5 Å². The minimum absolute atomic E-state index is 0.0356. The lowest BCUT2D eigenvalue weighted by atomic mass is 9.77. The van der Waals surface area contributed by atoms with E-state index in [1.54, 1.807) is 0 Å². The van der Waals surface area contributed by atoms with E-state index in [2.05, 4.69) is 0 Å². The molecule has 8 heteroatoms. The van der Waals surface area contributed by atoms with Gasteiger partial charge in [-0.25, -0.2) is 13.6 Å². The number of carbonyl (C=O) groups is 1. The second-order valence-corrected chi connectivity index (χ2v) is 5.74. The lowest BCUT2D eigenvalue weighted by Crippen LogP contribution is -2.26. The van der Waals surface area contributed by atoms with E-state index in [9.17, 15) is 31.9 Å². The predicted molar refractivity (Wildman–Crippen MR) is 67.5 cm³/mol. The summed E-state index contributed by atoms with van der Waals surface area (Å²) < 4.78 is 67.3. The van der Waals surface area contributed by atoms with Crippen molar-refractivity contribution >= 4 is 5.97 Å². The number of halogens is 5. The van der Waals surface area contributed by atoms with E-state index >= 15 is 0 Å². The zero-order chi connectivity index (χ0) is 17.1. The first-order valence-corrected chi connectivity index (χ1v) is 6.85. The van der Waals surface area contributed by atoms with Gasteiger partial charge in [0.25, 0.3) is 0 Å². The van der Waals surface area contributed by atoms with Crippen LogP contribution in [0.3, 0.4) is 0 Å². The van der Waals surface area contributed by atoms with E-state index in [1.165, 1.54) is 0 Å². The van der Waals surface area contributed by atoms with Crippen LogP contribution in [0.5, 0.6) is 0 Å². The molecule has 3 rings (SSSR count). The molecule has 2 unspecified atom stereocenters. The highest BCUT2D eigenvalue weighted by atomic mass is 19.4. The lowest BCUT2D eigenvalue weighted by Gasteiger charge is -2.30. The van der Waals surface area contributed by atoms with Crippen molar-refractivity contribution in [2.45, 2.75) is 31.0 Å². The van der Waals surface area contributed by atoms with Gasteiger partial charge < -0.3 is 10.2 Å². The van der Waals surface area contributed by atoms with Gasteiger partial charge in [-0.1, -0.05) is 6.08 Å². The standard InChI is InChI=1S/C15H11F5O3/c16-9-4-8(15(18,19)20)11-10(12(9)17)6(5-1-2-5)3-7(13(11)21)14(22)23/h3-6,13,21H,1-2H2,(H,22,23). The predicted octanol–water partition coefficient (Wildman–Crippen LogP) is 3.54. The summed E-state index contributed by atoms with van der Waals surface area (Å²) >= 11 is 0. The van der Waals surface area contributed by atoms with Crippen molar-refractivity contribution in [3.05, 3.63) is 46.0 Å². The van der Waals surface area contributed by atoms with Crippen LogP contribution in [0.25, 0.3) is 0 Å². The normalized spacial score (nSPS) is 24.2. The molecule has 0 radical (unpaired) electrons. The zero-order valence-corrected chi connectivity index (χ0v) is 11.5. The minimum atomic E-state index is -5.05. The number of benzene rings is 1. The third kappa shape index (κ3) is 2.50. The average Bonchev–Trinajstić information content (AvgIpc) is 3.25. The Bertz CT molecular complexity index is 719. The van der Waals surface area contributed by atoms with Gasteiger partial charge in [0.05, 0.1) is 11.1 Å². The molecule has 0 aromatic heterocycles. The van der Waals surface area contributed by atoms with Gasteiger partial charge in [-0.2, -0.15) is 13.2 Å². The minimum Gasteiger partial charge on any atom is -0.478 e. The van der Waals surface area contributed by atoms with Crippen LogP contribution < -0.4 is 0 Å². The molecule has 23 heavy (non-hydrogen) atoms. The Kier molecular flexibility index (Phi) is 3.47. The second kappa shape index (κ2) is 5.02. The SMILES string of the molecule is O=C(O)C1=CC(C2CC2)c2c(F)c(F)cc(C(F)(F)F)c2C1O. The van der Waals surface area contributed by atoms with Gasteiger partial charge in [-0.3, -0.25) is 0 Å². The third-order valence-electron chi connectivity index (χ3n) is 4.24. The van der Waals surface area contributed by atoms with Gasteiger partial charge in [0.1, 0.15) is 6.10 Å². The van der Waals surface area contributed by atoms with E-state index in [1.807, 2.05) is 0 Å². The van der Waals surface area contributed by atoms with Crippen LogP contribution in [0.1, 0.15) is 41.6 Å². The quantitative estimate of drug-likeness (QED) is 0.814. The van der Waals surface area contributed by atoms with E-state index in [0.717, 1.165) is 6.08 Å². The molecule has 2 aliphatic carbocycles. The maximum atomic E-state index is 14.2. The Hall–Kier alpha value is -1.96. The molecule has 0 bridgehead atoms. The van der Waals surface area contributed by atoms with Crippen molar-refractivity contribution in [1.29, 1.82) is 0 Å². The highest BCUT2D eigenvalue weighted by molar-refractivity contribution is 5.89. The maximum absolute atomic E-state index is 14.2. The Balaban J connectivity index is 2.32. The van der Waals surface area contributed by atoms with Crippen molar-refractivity contribution in [1.82, 2.24) is 0 Å². The lowest BCUT2D eigenvalue weighted by molar-refractivity contribution is -0.140. The van der Waals surface area contributed by atoms with Gasteiger partial charge in [-0.05, 0) is 24.8 Å². The summed E-state index contributed by atoms with van der Waals surface area (Å²) in [5, 5.41) is 19.1. The third-order valence-corrected chi connectivity index (χ3v) is 4.24. The monoisotopic (exact) mass is 334 g/mol. The summed E-state index contributed by atoms with van der Waals surface area (Å²) in [4.78, 5) is 11.2. The first kappa shape index (κ1) is 15.9. The number of hydrogen-bond acceptors (Lipinski definition) is 2. The first-order valence-electron chi connectivity index (χ1n) is 6.85. The number of allylic oxidation sites excluding steroid dienone is 1. The number of fused-ring (bicyclic) bond motifs is 1. The molecule has 1 saturated carbocycles. The number of carboxylic acid groups (broad SMARTS) is 1. The van der Waals surface area contributed by atoms with E-state index in [-0.39, 0.29) is 12.0 Å². The van der Waals surface area contributed by atoms with Crippen LogP contribution >= 0.6 is 0 Å². The van der Waals surface area contributed by atoms with Gasteiger partial charge in [0.2, 0.25) is 0 Å². The Morgan fingerprint density at radius 2 is 1.78 bits per heavy atom. The van der Waals surface area contributed by atoms with Crippen LogP contribution in [0.4, 0.5) is 22.0 Å². The molecule has 0 spiro atoms. The van der Waals surface area contributed by atoms with Crippen LogP contribution in [0.15, 0.2) is 17.7 Å². The summed E-state index contributed by atoms with van der Waals surface area (Å²) in [5.74, 6) is -5.97. The Labute approximate surface area is 127 Å². The van der Waals surface area contributed by atoms with Gasteiger partial charge in [0.15, 0.2) is 11.6 Å². The van der Waals surface area contributed by atoms with E-state index in [4.69, 9.17) is 5.11 Å². The summed E-state index contributed by atoms with van der Waals surface area (Å²) in [6.07, 6.45) is -5.03. The van der Waals surface area contributed by atoms with Crippen molar-refractivity contribution in [2.75, 3.05) is 0 Å². The highest BCUT2D eigenvalue weighted by Gasteiger charge is 2.46. The second-order valence-electron chi connectivity index (χ2n) is 5.74. The largest absolute Gasteiger partial charge is 0.478 e. The summed E-state index contributed by atoms with van der Waals surface area (Å²) in [6.45, 7) is 0.